The minimum Gasteiger partial charge on any atom is -0.491 e. The summed E-state index contributed by atoms with van der Waals surface area (Å²) in [5.74, 6) is 0.502. The lowest BCUT2D eigenvalue weighted by Crippen LogP contribution is -2.44. The number of ether oxygens (including phenoxy) is 2. The molecule has 0 unspecified atom stereocenters. The number of rotatable bonds is 3. The van der Waals surface area contributed by atoms with Crippen molar-refractivity contribution < 1.29 is 19.1 Å². The summed E-state index contributed by atoms with van der Waals surface area (Å²) in [5.41, 5.74) is 1.09. The number of fused-ring (bicyclic) bond motifs is 1. The van der Waals surface area contributed by atoms with Crippen LogP contribution in [-0.4, -0.2) is 62.7 Å². The van der Waals surface area contributed by atoms with Gasteiger partial charge >= 0.3 is 0 Å². The van der Waals surface area contributed by atoms with Gasteiger partial charge in [-0.1, -0.05) is 13.8 Å². The number of carbonyl (C=O) groups excluding carboxylic acids is 2. The largest absolute Gasteiger partial charge is 0.491 e. The molecule has 0 aromatic heterocycles. The van der Waals surface area contributed by atoms with Crippen LogP contribution in [0, 0.1) is 5.92 Å². The normalized spacial score (nSPS) is 24.3. The van der Waals surface area contributed by atoms with Crippen molar-refractivity contribution in [2.24, 2.45) is 5.92 Å². The zero-order chi connectivity index (χ0) is 20.0. The lowest BCUT2D eigenvalue weighted by atomic mass is 10.0. The maximum Gasteiger partial charge on any atom is 0.257 e. The third kappa shape index (κ3) is 5.68. The number of hydrogen-bond donors (Lipinski definition) is 2. The Hall–Kier alpha value is -2.12. The van der Waals surface area contributed by atoms with Gasteiger partial charge in [0, 0.05) is 51.5 Å². The van der Waals surface area contributed by atoms with Gasteiger partial charge in [0.2, 0.25) is 5.91 Å². The Balaban J connectivity index is 2.34. The average molecular weight is 377 g/mol. The second-order valence-electron chi connectivity index (χ2n) is 7.17. The highest BCUT2D eigenvalue weighted by molar-refractivity contribution is 5.98. The van der Waals surface area contributed by atoms with Crippen molar-refractivity contribution in [2.75, 3.05) is 39.2 Å². The maximum atomic E-state index is 13.0. The summed E-state index contributed by atoms with van der Waals surface area (Å²) < 4.78 is 11.6. The van der Waals surface area contributed by atoms with Crippen LogP contribution >= 0.6 is 0 Å². The molecule has 150 valence electrons. The van der Waals surface area contributed by atoms with Crippen molar-refractivity contribution in [2.45, 2.75) is 39.3 Å². The van der Waals surface area contributed by atoms with Crippen molar-refractivity contribution in [1.82, 2.24) is 10.2 Å². The van der Waals surface area contributed by atoms with Crippen molar-refractivity contribution in [3.63, 3.8) is 0 Å². The fourth-order valence-electron chi connectivity index (χ4n) is 2.98. The van der Waals surface area contributed by atoms with Gasteiger partial charge in [-0.2, -0.15) is 0 Å². The second-order valence-corrected chi connectivity index (χ2v) is 7.17. The van der Waals surface area contributed by atoms with Crippen molar-refractivity contribution in [3.05, 3.63) is 23.8 Å². The Labute approximate surface area is 161 Å². The van der Waals surface area contributed by atoms with Crippen molar-refractivity contribution in [3.8, 4) is 5.75 Å². The first kappa shape index (κ1) is 21.2. The Kier molecular flexibility index (Phi) is 7.62. The van der Waals surface area contributed by atoms with Crippen LogP contribution in [0.15, 0.2) is 18.2 Å². The molecule has 2 rings (SSSR count). The number of nitrogens with zero attached hydrogens (tertiary/aromatic N) is 1. The molecule has 1 aliphatic heterocycles. The third-order valence-electron chi connectivity index (χ3n) is 4.83. The van der Waals surface area contributed by atoms with E-state index in [1.807, 2.05) is 6.92 Å². The van der Waals surface area contributed by atoms with Crippen LogP contribution in [0.2, 0.25) is 0 Å². The Morgan fingerprint density at radius 1 is 1.41 bits per heavy atom. The monoisotopic (exact) mass is 377 g/mol. The Morgan fingerprint density at radius 2 is 2.15 bits per heavy atom. The van der Waals surface area contributed by atoms with Gasteiger partial charge in [0.05, 0.1) is 11.7 Å². The zero-order valence-electron chi connectivity index (χ0n) is 16.9. The van der Waals surface area contributed by atoms with Gasteiger partial charge in [0.25, 0.3) is 5.91 Å². The zero-order valence-corrected chi connectivity index (χ0v) is 16.9. The first-order chi connectivity index (χ1) is 12.8. The van der Waals surface area contributed by atoms with Crippen LogP contribution in [0.5, 0.6) is 5.75 Å². The number of likely N-dealkylation sites (N-methyl/N-ethyl adjacent to an activating group) is 1. The molecule has 0 saturated carbocycles. The Morgan fingerprint density at radius 3 is 2.81 bits per heavy atom. The highest BCUT2D eigenvalue weighted by Crippen LogP contribution is 2.26. The van der Waals surface area contributed by atoms with E-state index in [1.165, 1.54) is 0 Å². The van der Waals surface area contributed by atoms with Crippen LogP contribution in [-0.2, 0) is 9.53 Å². The first-order valence-electron chi connectivity index (χ1n) is 9.44. The topological polar surface area (TPSA) is 79.9 Å². The lowest BCUT2D eigenvalue weighted by molar-refractivity contribution is -0.115. The van der Waals surface area contributed by atoms with Crippen LogP contribution in [0.25, 0.3) is 0 Å². The summed E-state index contributed by atoms with van der Waals surface area (Å²) in [6.45, 7) is 7.61. The molecular formula is C20H31N3O4. The van der Waals surface area contributed by atoms with Crippen molar-refractivity contribution in [1.29, 1.82) is 0 Å². The second kappa shape index (κ2) is 9.71. The molecule has 0 spiro atoms. The fourth-order valence-corrected chi connectivity index (χ4v) is 2.98. The van der Waals surface area contributed by atoms with Gasteiger partial charge in [-0.05, 0) is 25.0 Å². The predicted molar refractivity (Wildman–Crippen MR) is 105 cm³/mol. The highest BCUT2D eigenvalue weighted by atomic mass is 16.5. The molecule has 27 heavy (non-hydrogen) atoms. The minimum atomic E-state index is -0.131. The highest BCUT2D eigenvalue weighted by Gasteiger charge is 2.25. The third-order valence-corrected chi connectivity index (χ3v) is 4.83. The maximum absolute atomic E-state index is 13.0. The number of methoxy groups -OCH3 is 1. The predicted octanol–water partition coefficient (Wildman–Crippen LogP) is 2.13. The molecule has 7 heteroatoms. The summed E-state index contributed by atoms with van der Waals surface area (Å²) in [7, 11) is 3.44. The summed E-state index contributed by atoms with van der Waals surface area (Å²) in [4.78, 5) is 26.3. The summed E-state index contributed by atoms with van der Waals surface area (Å²) >= 11 is 0. The number of hydrogen-bond acceptors (Lipinski definition) is 5. The first-order valence-corrected chi connectivity index (χ1v) is 9.44. The number of carbonyl (C=O) groups is 2. The van der Waals surface area contributed by atoms with Crippen LogP contribution in [0.1, 0.15) is 37.6 Å². The minimum absolute atomic E-state index is 0.0643. The van der Waals surface area contributed by atoms with Gasteiger partial charge in [0.15, 0.2) is 0 Å². The molecule has 2 N–H and O–H groups in total. The molecule has 3 atom stereocenters. The number of nitrogens with one attached hydrogen (secondary N) is 2. The van der Waals surface area contributed by atoms with E-state index < -0.39 is 0 Å². The summed E-state index contributed by atoms with van der Waals surface area (Å²) in [5, 5.41) is 6.26. The Bertz CT molecular complexity index is 665. The average Bonchev–Trinajstić information content (AvgIpc) is 2.67. The number of amides is 2. The molecule has 0 bridgehead atoms. The number of anilines is 1. The van der Waals surface area contributed by atoms with Gasteiger partial charge < -0.3 is 25.0 Å². The standard InChI is InChI=1S/C20H31N3O4/c1-6-19(24)22-15-7-8-16-17(9-15)27-12-14(3)21-10-13(2)18(26-5)11-23(4)20(16)25/h7-9,13-14,18,21H,6,10-12H2,1-5H3,(H,22,24)/t13-,14+,18+/m1/s1. The van der Waals surface area contributed by atoms with Crippen LogP contribution in [0.3, 0.4) is 0 Å². The van der Waals surface area contributed by atoms with Gasteiger partial charge in [-0.15, -0.1) is 0 Å². The molecule has 1 aromatic carbocycles. The molecule has 0 radical (unpaired) electrons. The van der Waals surface area contributed by atoms with Gasteiger partial charge in [-0.3, -0.25) is 9.59 Å². The lowest BCUT2D eigenvalue weighted by Gasteiger charge is -2.30. The van der Waals surface area contributed by atoms with E-state index in [9.17, 15) is 9.59 Å². The van der Waals surface area contributed by atoms with E-state index in [0.717, 1.165) is 6.54 Å². The smallest absolute Gasteiger partial charge is 0.257 e. The SMILES string of the molecule is CCC(=O)Nc1ccc2c(c1)OC[C@H](C)NC[C@@H](C)[C@@H](OC)CN(C)C2=O. The molecule has 2 amide bonds. The summed E-state index contributed by atoms with van der Waals surface area (Å²) in [6, 6.07) is 5.25. The van der Waals surface area contributed by atoms with Gasteiger partial charge in [-0.25, -0.2) is 0 Å². The molecule has 0 fully saturated rings. The van der Waals surface area contributed by atoms with Crippen LogP contribution in [0.4, 0.5) is 5.69 Å². The fraction of sp³-hybridized carbons (Fsp3) is 0.600. The van der Waals surface area contributed by atoms with Crippen LogP contribution < -0.4 is 15.4 Å². The van der Waals surface area contributed by atoms with E-state index in [2.05, 4.69) is 17.6 Å². The molecule has 0 saturated heterocycles. The molecule has 1 aromatic rings. The van der Waals surface area contributed by atoms with E-state index >= 15 is 0 Å². The molecule has 1 heterocycles. The van der Waals surface area contributed by atoms with E-state index in [-0.39, 0.29) is 29.9 Å². The van der Waals surface area contributed by atoms with E-state index in [1.54, 1.807) is 44.2 Å². The number of benzene rings is 1. The molecular weight excluding hydrogens is 346 g/mol. The van der Waals surface area contributed by atoms with E-state index in [0.29, 0.717) is 36.6 Å². The quantitative estimate of drug-likeness (QED) is 0.844. The molecule has 7 nitrogen and oxygen atoms in total. The van der Waals surface area contributed by atoms with Crippen molar-refractivity contribution >= 4 is 17.5 Å². The molecule has 0 aliphatic carbocycles. The molecule has 1 aliphatic rings. The van der Waals surface area contributed by atoms with E-state index in [4.69, 9.17) is 9.47 Å². The van der Waals surface area contributed by atoms with Gasteiger partial charge in [0.1, 0.15) is 12.4 Å². The summed E-state index contributed by atoms with van der Waals surface area (Å²) in [6.07, 6.45) is 0.322.